The molecule has 188 valence electrons. The summed E-state index contributed by atoms with van der Waals surface area (Å²) in [7, 11) is 1.65. The number of hydrogen-bond donors (Lipinski definition) is 2. The molecule has 3 heterocycles. The van der Waals surface area contributed by atoms with E-state index in [1.54, 1.807) is 7.05 Å². The molecule has 0 saturated carbocycles. The zero-order chi connectivity index (χ0) is 25.2. The Labute approximate surface area is 197 Å². The molecule has 12 heteroatoms. The first-order valence-corrected chi connectivity index (χ1v) is 11.3. The third-order valence-corrected chi connectivity index (χ3v) is 5.43. The molecular formula is C22H33FN6O5. The molecule has 34 heavy (non-hydrogen) atoms. The number of nitrogens with one attached hydrogen (secondary N) is 1. The van der Waals surface area contributed by atoms with Crippen molar-refractivity contribution in [1.29, 1.82) is 0 Å². The topological polar surface area (TPSA) is 143 Å². The summed E-state index contributed by atoms with van der Waals surface area (Å²) in [6.07, 6.45) is -1.95. The Kier molecular flexibility index (Phi) is 7.59. The molecule has 1 fully saturated rings. The molecule has 2 aromatic heterocycles. The Hall–Kier alpha value is -3.02. The smallest absolute Gasteiger partial charge is 0.306 e. The van der Waals surface area contributed by atoms with E-state index in [1.807, 2.05) is 27.7 Å². The van der Waals surface area contributed by atoms with E-state index in [9.17, 15) is 9.59 Å². The number of nitrogens with two attached hydrogens (primary N) is 1. The number of nitrogen functional groups attached to an aromatic ring is 1. The summed E-state index contributed by atoms with van der Waals surface area (Å²) in [5.74, 6) is -0.542. The third kappa shape index (κ3) is 5.37. The van der Waals surface area contributed by atoms with Crippen molar-refractivity contribution in [3.63, 3.8) is 0 Å². The van der Waals surface area contributed by atoms with Gasteiger partial charge in [-0.3, -0.25) is 14.2 Å². The van der Waals surface area contributed by atoms with Crippen molar-refractivity contribution < 1.29 is 28.2 Å². The van der Waals surface area contributed by atoms with Crippen LogP contribution in [-0.2, 0) is 23.8 Å². The van der Waals surface area contributed by atoms with Crippen LogP contribution in [0.25, 0.3) is 11.2 Å². The van der Waals surface area contributed by atoms with Crippen LogP contribution in [0.3, 0.4) is 0 Å². The van der Waals surface area contributed by atoms with E-state index in [0.29, 0.717) is 11.3 Å². The lowest BCUT2D eigenvalue weighted by molar-refractivity contribution is -0.162. The quantitative estimate of drug-likeness (QED) is 0.514. The first kappa shape index (κ1) is 25.6. The second-order valence-electron chi connectivity index (χ2n) is 9.47. The molecular weight excluding hydrogens is 447 g/mol. The molecule has 0 radical (unpaired) electrons. The lowest BCUT2D eigenvalue weighted by Gasteiger charge is -2.28. The van der Waals surface area contributed by atoms with Gasteiger partial charge in [0.25, 0.3) is 0 Å². The fourth-order valence-corrected chi connectivity index (χ4v) is 3.90. The number of aromatic nitrogens is 4. The molecule has 0 unspecified atom stereocenters. The standard InChI is InChI=1S/C22H33FN6O5/c1-11(2)7-14(30)32-9-13-17(34-15(31)8-12(3)4)22(5,23)20(33-13)29-10-26-16-18(25-6)27-21(24)28-19(16)29/h10-13,17,20H,7-9H2,1-6H3,(H3,24,25,27,28)/t13-,17-,20-,22-/m1/s1. The van der Waals surface area contributed by atoms with Crippen LogP contribution < -0.4 is 11.1 Å². The number of carbonyl (C=O) groups is 2. The number of ether oxygens (including phenoxy) is 3. The van der Waals surface area contributed by atoms with Gasteiger partial charge in [-0.15, -0.1) is 0 Å². The fraction of sp³-hybridized carbons (Fsp3) is 0.682. The lowest BCUT2D eigenvalue weighted by Crippen LogP contribution is -2.44. The van der Waals surface area contributed by atoms with Crippen LogP contribution in [0, 0.1) is 11.8 Å². The van der Waals surface area contributed by atoms with Gasteiger partial charge in [0, 0.05) is 19.9 Å². The molecule has 2 aromatic rings. The molecule has 11 nitrogen and oxygen atoms in total. The summed E-state index contributed by atoms with van der Waals surface area (Å²) in [6, 6.07) is 0. The maximum Gasteiger partial charge on any atom is 0.306 e. The van der Waals surface area contributed by atoms with Gasteiger partial charge in [0.15, 0.2) is 35.0 Å². The Bertz CT molecular complexity index is 1040. The highest BCUT2D eigenvalue weighted by Crippen LogP contribution is 2.44. The van der Waals surface area contributed by atoms with E-state index in [2.05, 4.69) is 20.3 Å². The molecule has 1 aliphatic rings. The summed E-state index contributed by atoms with van der Waals surface area (Å²) in [5.41, 5.74) is 4.24. The number of anilines is 2. The van der Waals surface area contributed by atoms with Crippen LogP contribution in [-0.4, -0.2) is 63.0 Å². The zero-order valence-corrected chi connectivity index (χ0v) is 20.4. The average molecular weight is 481 g/mol. The first-order valence-electron chi connectivity index (χ1n) is 11.3. The van der Waals surface area contributed by atoms with Crippen LogP contribution in [0.5, 0.6) is 0 Å². The zero-order valence-electron chi connectivity index (χ0n) is 20.4. The first-order chi connectivity index (χ1) is 15.9. The molecule has 0 amide bonds. The summed E-state index contributed by atoms with van der Waals surface area (Å²) in [5, 5.41) is 2.88. The highest BCUT2D eigenvalue weighted by molar-refractivity contribution is 5.84. The number of halogens is 1. The van der Waals surface area contributed by atoms with Crippen LogP contribution in [0.1, 0.15) is 53.7 Å². The minimum atomic E-state index is -2.20. The second kappa shape index (κ2) is 10.1. The van der Waals surface area contributed by atoms with Crippen molar-refractivity contribution in [2.45, 2.75) is 71.6 Å². The molecule has 1 saturated heterocycles. The SMILES string of the molecule is CNc1nc(N)nc2c1ncn2[C@@H]1O[C@H](COC(=O)CC(C)C)[C@@H](OC(=O)CC(C)C)[C@@]1(C)F. The normalized spacial score (nSPS) is 24.7. The van der Waals surface area contributed by atoms with Crippen LogP contribution in [0.4, 0.5) is 16.2 Å². The maximum atomic E-state index is 16.3. The van der Waals surface area contributed by atoms with Crippen LogP contribution >= 0.6 is 0 Å². The van der Waals surface area contributed by atoms with Gasteiger partial charge in [0.2, 0.25) is 5.95 Å². The van der Waals surface area contributed by atoms with E-state index < -0.39 is 36.0 Å². The predicted molar refractivity (Wildman–Crippen MR) is 122 cm³/mol. The van der Waals surface area contributed by atoms with Crippen molar-refractivity contribution in [2.24, 2.45) is 11.8 Å². The van der Waals surface area contributed by atoms with Crippen molar-refractivity contribution in [1.82, 2.24) is 19.5 Å². The number of alkyl halides is 1. The van der Waals surface area contributed by atoms with Crippen LogP contribution in [0.15, 0.2) is 6.33 Å². The number of hydrogen-bond acceptors (Lipinski definition) is 10. The van der Waals surface area contributed by atoms with E-state index in [1.165, 1.54) is 17.8 Å². The van der Waals surface area contributed by atoms with Crippen molar-refractivity contribution >= 4 is 34.9 Å². The Morgan fingerprint density at radius 3 is 2.50 bits per heavy atom. The second-order valence-corrected chi connectivity index (χ2v) is 9.47. The molecule has 0 bridgehead atoms. The summed E-state index contributed by atoms with van der Waals surface area (Å²) in [4.78, 5) is 37.1. The van der Waals surface area contributed by atoms with Gasteiger partial charge >= 0.3 is 11.9 Å². The van der Waals surface area contributed by atoms with Gasteiger partial charge in [-0.05, 0) is 18.8 Å². The molecule has 0 aliphatic carbocycles. The monoisotopic (exact) mass is 480 g/mol. The Balaban J connectivity index is 1.94. The fourth-order valence-electron chi connectivity index (χ4n) is 3.90. The largest absolute Gasteiger partial charge is 0.463 e. The van der Waals surface area contributed by atoms with Crippen molar-refractivity contribution in [3.8, 4) is 0 Å². The number of imidazole rings is 1. The van der Waals surface area contributed by atoms with Gasteiger partial charge in [-0.25, -0.2) is 9.37 Å². The highest BCUT2D eigenvalue weighted by Gasteiger charge is 2.58. The maximum absolute atomic E-state index is 16.3. The summed E-state index contributed by atoms with van der Waals surface area (Å²) in [6.45, 7) is 8.49. The minimum absolute atomic E-state index is 0.0241. The van der Waals surface area contributed by atoms with E-state index in [4.69, 9.17) is 19.9 Å². The van der Waals surface area contributed by atoms with Gasteiger partial charge in [0.1, 0.15) is 12.7 Å². The molecule has 1 aliphatic heterocycles. The number of rotatable bonds is 9. The summed E-state index contributed by atoms with van der Waals surface area (Å²) >= 11 is 0. The van der Waals surface area contributed by atoms with Crippen LogP contribution in [0.2, 0.25) is 0 Å². The molecule has 3 rings (SSSR count). The highest BCUT2D eigenvalue weighted by atomic mass is 19.1. The minimum Gasteiger partial charge on any atom is -0.463 e. The van der Waals surface area contributed by atoms with Gasteiger partial charge < -0.3 is 25.3 Å². The lowest BCUT2D eigenvalue weighted by atomic mass is 9.98. The number of fused-ring (bicyclic) bond motifs is 1. The van der Waals surface area contributed by atoms with Crippen molar-refractivity contribution in [3.05, 3.63) is 6.33 Å². The molecule has 4 atom stereocenters. The van der Waals surface area contributed by atoms with Gasteiger partial charge in [-0.1, -0.05) is 27.7 Å². The van der Waals surface area contributed by atoms with E-state index in [-0.39, 0.29) is 42.9 Å². The average Bonchev–Trinajstić information content (AvgIpc) is 3.23. The van der Waals surface area contributed by atoms with Gasteiger partial charge in [-0.2, -0.15) is 9.97 Å². The number of nitrogens with zero attached hydrogens (tertiary/aromatic N) is 4. The molecule has 0 aromatic carbocycles. The number of carbonyl (C=O) groups excluding carboxylic acids is 2. The van der Waals surface area contributed by atoms with E-state index >= 15 is 4.39 Å². The molecule has 0 spiro atoms. The van der Waals surface area contributed by atoms with E-state index in [0.717, 1.165) is 0 Å². The van der Waals surface area contributed by atoms with Crippen molar-refractivity contribution in [2.75, 3.05) is 24.7 Å². The Morgan fingerprint density at radius 2 is 1.88 bits per heavy atom. The third-order valence-electron chi connectivity index (χ3n) is 5.43. The summed E-state index contributed by atoms with van der Waals surface area (Å²) < 4.78 is 34.6. The number of esters is 2. The van der Waals surface area contributed by atoms with Gasteiger partial charge in [0.05, 0.1) is 6.33 Å². The molecule has 3 N–H and O–H groups in total. The predicted octanol–water partition coefficient (Wildman–Crippen LogP) is 2.62. The Morgan fingerprint density at radius 1 is 1.24 bits per heavy atom.